The van der Waals surface area contributed by atoms with Crippen LogP contribution in [0.2, 0.25) is 0 Å². The number of ether oxygens (including phenoxy) is 1. The summed E-state index contributed by atoms with van der Waals surface area (Å²) in [4.78, 5) is 12.9. The molecule has 0 bridgehead atoms. The Bertz CT molecular complexity index is 908. The third-order valence-corrected chi connectivity index (χ3v) is 6.25. The van der Waals surface area contributed by atoms with E-state index in [0.29, 0.717) is 17.8 Å². The molecule has 1 atom stereocenters. The molecule has 1 unspecified atom stereocenters. The van der Waals surface area contributed by atoms with Gasteiger partial charge in [0.1, 0.15) is 11.8 Å². The van der Waals surface area contributed by atoms with E-state index in [1.54, 1.807) is 49.4 Å². The first-order chi connectivity index (χ1) is 13.9. The summed E-state index contributed by atoms with van der Waals surface area (Å²) < 4.78 is 32.0. The number of nitrogens with zero attached hydrogens (tertiary/aromatic N) is 1. The molecule has 1 aliphatic carbocycles. The van der Waals surface area contributed by atoms with E-state index in [1.165, 1.54) is 17.1 Å². The fourth-order valence-corrected chi connectivity index (χ4v) is 4.89. The van der Waals surface area contributed by atoms with Crippen molar-refractivity contribution in [3.63, 3.8) is 0 Å². The molecule has 0 spiro atoms. The van der Waals surface area contributed by atoms with Crippen molar-refractivity contribution in [3.8, 4) is 5.75 Å². The van der Waals surface area contributed by atoms with Crippen molar-refractivity contribution in [2.45, 2.75) is 51.2 Å². The summed E-state index contributed by atoms with van der Waals surface area (Å²) in [5, 5.41) is 2.84. The molecule has 1 saturated carbocycles. The van der Waals surface area contributed by atoms with E-state index in [1.807, 2.05) is 12.1 Å². The lowest BCUT2D eigenvalue weighted by Gasteiger charge is -2.30. The van der Waals surface area contributed by atoms with Gasteiger partial charge in [0.15, 0.2) is 0 Å². The Labute approximate surface area is 172 Å². The van der Waals surface area contributed by atoms with Crippen molar-refractivity contribution >= 4 is 27.3 Å². The van der Waals surface area contributed by atoms with Crippen LogP contribution in [-0.2, 0) is 14.8 Å². The van der Waals surface area contributed by atoms with Crippen LogP contribution in [0.3, 0.4) is 0 Å². The van der Waals surface area contributed by atoms with Gasteiger partial charge in [-0.05, 0) is 68.5 Å². The Balaban J connectivity index is 1.73. The summed E-state index contributed by atoms with van der Waals surface area (Å²) in [6, 6.07) is 15.1. The van der Waals surface area contributed by atoms with Crippen LogP contribution in [0.25, 0.3) is 0 Å². The molecule has 1 aliphatic rings. The zero-order valence-electron chi connectivity index (χ0n) is 16.9. The molecule has 0 saturated heterocycles. The van der Waals surface area contributed by atoms with Crippen LogP contribution in [0.1, 0.15) is 39.0 Å². The number of hydrogen-bond acceptors (Lipinski definition) is 4. The molecule has 0 aromatic heterocycles. The number of sulfonamides is 1. The highest BCUT2D eigenvalue weighted by atomic mass is 32.2. The van der Waals surface area contributed by atoms with Crippen molar-refractivity contribution in [2.75, 3.05) is 15.9 Å². The first-order valence-electron chi connectivity index (χ1n) is 10.0. The quantitative estimate of drug-likeness (QED) is 0.700. The van der Waals surface area contributed by atoms with E-state index in [9.17, 15) is 13.2 Å². The SMILES string of the molecule is CCC(C(=O)Nc1ccc(OC2CCCC2)cc1)N(c1ccccc1)S(C)(=O)=O. The van der Waals surface area contributed by atoms with Gasteiger partial charge in [0, 0.05) is 5.69 Å². The molecule has 3 rings (SSSR count). The van der Waals surface area contributed by atoms with Crippen molar-refractivity contribution < 1.29 is 17.9 Å². The highest BCUT2D eigenvalue weighted by Crippen LogP contribution is 2.26. The van der Waals surface area contributed by atoms with E-state index < -0.39 is 16.1 Å². The van der Waals surface area contributed by atoms with Crippen LogP contribution >= 0.6 is 0 Å². The maximum atomic E-state index is 12.9. The summed E-state index contributed by atoms with van der Waals surface area (Å²) in [5.74, 6) is 0.412. The number of benzene rings is 2. The highest BCUT2D eigenvalue weighted by Gasteiger charge is 2.31. The third-order valence-electron chi connectivity index (χ3n) is 5.07. The number of amides is 1. The maximum absolute atomic E-state index is 12.9. The molecule has 7 heteroatoms. The van der Waals surface area contributed by atoms with Crippen LogP contribution in [-0.4, -0.2) is 32.7 Å². The van der Waals surface area contributed by atoms with Crippen molar-refractivity contribution in [1.82, 2.24) is 0 Å². The minimum atomic E-state index is -3.63. The van der Waals surface area contributed by atoms with Crippen LogP contribution in [0, 0.1) is 0 Å². The van der Waals surface area contributed by atoms with E-state index in [2.05, 4.69) is 5.32 Å². The first-order valence-corrected chi connectivity index (χ1v) is 11.9. The molecule has 2 aromatic rings. The molecule has 0 radical (unpaired) electrons. The summed E-state index contributed by atoms with van der Waals surface area (Å²) in [7, 11) is -3.63. The van der Waals surface area contributed by atoms with Gasteiger partial charge in [0.05, 0.1) is 18.0 Å². The molecule has 0 aliphatic heterocycles. The number of nitrogens with one attached hydrogen (secondary N) is 1. The fraction of sp³-hybridized carbons (Fsp3) is 0.409. The molecule has 6 nitrogen and oxygen atoms in total. The Morgan fingerprint density at radius 3 is 2.28 bits per heavy atom. The maximum Gasteiger partial charge on any atom is 0.248 e. The number of hydrogen-bond donors (Lipinski definition) is 1. The largest absolute Gasteiger partial charge is 0.490 e. The van der Waals surface area contributed by atoms with Crippen molar-refractivity contribution in [1.29, 1.82) is 0 Å². The number of para-hydroxylation sites is 1. The highest BCUT2D eigenvalue weighted by molar-refractivity contribution is 7.92. The van der Waals surface area contributed by atoms with Crippen LogP contribution < -0.4 is 14.4 Å². The van der Waals surface area contributed by atoms with E-state index >= 15 is 0 Å². The Morgan fingerprint density at radius 2 is 1.72 bits per heavy atom. The van der Waals surface area contributed by atoms with Gasteiger partial charge in [0.25, 0.3) is 0 Å². The van der Waals surface area contributed by atoms with Crippen LogP contribution in [0.5, 0.6) is 5.75 Å². The zero-order chi connectivity index (χ0) is 20.9. The van der Waals surface area contributed by atoms with Gasteiger partial charge >= 0.3 is 0 Å². The summed E-state index contributed by atoms with van der Waals surface area (Å²) in [6.07, 6.45) is 6.30. The van der Waals surface area contributed by atoms with Crippen molar-refractivity contribution in [2.24, 2.45) is 0 Å². The number of rotatable bonds is 8. The van der Waals surface area contributed by atoms with Gasteiger partial charge in [-0.2, -0.15) is 0 Å². The minimum absolute atomic E-state index is 0.272. The fourth-order valence-electron chi connectivity index (χ4n) is 3.68. The Kier molecular flexibility index (Phi) is 6.79. The summed E-state index contributed by atoms with van der Waals surface area (Å²) in [5.41, 5.74) is 1.08. The van der Waals surface area contributed by atoms with Gasteiger partial charge in [-0.1, -0.05) is 25.1 Å². The van der Waals surface area contributed by atoms with E-state index in [0.717, 1.165) is 24.8 Å². The molecular formula is C22H28N2O4S. The molecule has 1 amide bonds. The average molecular weight is 417 g/mol. The number of anilines is 2. The lowest BCUT2D eigenvalue weighted by molar-refractivity contribution is -0.117. The summed E-state index contributed by atoms with van der Waals surface area (Å²) >= 11 is 0. The lowest BCUT2D eigenvalue weighted by Crippen LogP contribution is -2.46. The minimum Gasteiger partial charge on any atom is -0.490 e. The second-order valence-electron chi connectivity index (χ2n) is 7.36. The Hall–Kier alpha value is -2.54. The Morgan fingerprint density at radius 1 is 1.10 bits per heavy atom. The van der Waals surface area contributed by atoms with E-state index in [4.69, 9.17) is 4.74 Å². The normalized spacial score (nSPS) is 15.7. The van der Waals surface area contributed by atoms with Crippen LogP contribution in [0.4, 0.5) is 11.4 Å². The molecule has 0 heterocycles. The average Bonchev–Trinajstić information content (AvgIpc) is 3.20. The second-order valence-corrected chi connectivity index (χ2v) is 9.22. The number of carbonyl (C=O) groups excluding carboxylic acids is 1. The smallest absolute Gasteiger partial charge is 0.248 e. The standard InChI is InChI=1S/C22H28N2O4S/c1-3-21(24(29(2,26)27)18-9-5-4-6-10-18)22(25)23-17-13-15-20(16-14-17)28-19-11-7-8-12-19/h4-6,9-10,13-16,19,21H,3,7-8,11-12H2,1-2H3,(H,23,25). The zero-order valence-corrected chi connectivity index (χ0v) is 17.7. The lowest BCUT2D eigenvalue weighted by atomic mass is 10.1. The number of carbonyl (C=O) groups is 1. The predicted molar refractivity (Wildman–Crippen MR) is 116 cm³/mol. The van der Waals surface area contributed by atoms with Gasteiger partial charge in [-0.15, -0.1) is 0 Å². The molecule has 1 N–H and O–H groups in total. The van der Waals surface area contributed by atoms with Gasteiger partial charge in [-0.3, -0.25) is 9.10 Å². The van der Waals surface area contributed by atoms with Gasteiger partial charge in [0.2, 0.25) is 15.9 Å². The topological polar surface area (TPSA) is 75.7 Å². The predicted octanol–water partition coefficient (Wildman–Crippen LogP) is 4.19. The second kappa shape index (κ2) is 9.31. The van der Waals surface area contributed by atoms with Crippen LogP contribution in [0.15, 0.2) is 54.6 Å². The van der Waals surface area contributed by atoms with Gasteiger partial charge in [-0.25, -0.2) is 8.42 Å². The first kappa shape index (κ1) is 21.2. The molecule has 156 valence electrons. The summed E-state index contributed by atoms with van der Waals surface area (Å²) in [6.45, 7) is 1.80. The molecular weight excluding hydrogens is 388 g/mol. The van der Waals surface area contributed by atoms with Gasteiger partial charge < -0.3 is 10.1 Å². The molecule has 2 aromatic carbocycles. The third kappa shape index (κ3) is 5.50. The molecule has 29 heavy (non-hydrogen) atoms. The monoisotopic (exact) mass is 416 g/mol. The molecule has 1 fully saturated rings. The van der Waals surface area contributed by atoms with E-state index in [-0.39, 0.29) is 12.0 Å². The van der Waals surface area contributed by atoms with Crippen molar-refractivity contribution in [3.05, 3.63) is 54.6 Å².